The number of nitrogens with zero attached hydrogens (tertiary/aromatic N) is 3. The van der Waals surface area contributed by atoms with E-state index in [4.69, 9.17) is 4.74 Å². The van der Waals surface area contributed by atoms with Crippen molar-refractivity contribution in [3.8, 4) is 5.75 Å². The van der Waals surface area contributed by atoms with E-state index >= 15 is 0 Å². The summed E-state index contributed by atoms with van der Waals surface area (Å²) < 4.78 is 6.35. The molecule has 1 saturated heterocycles. The molecule has 3 aromatic rings. The third-order valence-corrected chi connectivity index (χ3v) is 6.26. The molecule has 2 N–H and O–H groups in total. The van der Waals surface area contributed by atoms with E-state index in [9.17, 15) is 9.90 Å². The average Bonchev–Trinajstić information content (AvgIpc) is 2.88. The Morgan fingerprint density at radius 1 is 1.03 bits per heavy atom. The zero-order valence-electron chi connectivity index (χ0n) is 18.2. The van der Waals surface area contributed by atoms with Crippen LogP contribution < -0.4 is 15.0 Å². The van der Waals surface area contributed by atoms with Gasteiger partial charge in [-0.1, -0.05) is 54.6 Å². The fraction of sp³-hybridized carbons (Fsp3) is 0.269. The van der Waals surface area contributed by atoms with Gasteiger partial charge in [0.05, 0.1) is 6.10 Å². The molecule has 1 amide bonds. The van der Waals surface area contributed by atoms with Crippen molar-refractivity contribution in [2.45, 2.75) is 24.5 Å². The lowest BCUT2D eigenvalue weighted by molar-refractivity contribution is 0.0891. The zero-order chi connectivity index (χ0) is 22.7. The van der Waals surface area contributed by atoms with Crippen molar-refractivity contribution in [3.63, 3.8) is 0 Å². The van der Waals surface area contributed by atoms with Crippen LogP contribution in [-0.4, -0.2) is 46.4 Å². The first-order chi connectivity index (χ1) is 16.1. The third kappa shape index (κ3) is 4.59. The fourth-order valence-electron chi connectivity index (χ4n) is 4.28. The van der Waals surface area contributed by atoms with Gasteiger partial charge in [-0.25, -0.2) is 0 Å². The maximum atomic E-state index is 12.4. The molecule has 1 aromatic heterocycles. The number of hydrogen-bond acceptors (Lipinski definition) is 6. The van der Waals surface area contributed by atoms with Crippen molar-refractivity contribution >= 4 is 17.8 Å². The first kappa shape index (κ1) is 21.2. The average molecular weight is 443 g/mol. The number of aliphatic hydroxyl groups is 1. The van der Waals surface area contributed by atoms with Crippen molar-refractivity contribution in [2.75, 3.05) is 24.5 Å². The molecule has 0 aliphatic carbocycles. The van der Waals surface area contributed by atoms with Crippen LogP contribution in [0.15, 0.2) is 72.8 Å². The van der Waals surface area contributed by atoms with Crippen molar-refractivity contribution in [1.29, 1.82) is 0 Å². The highest BCUT2D eigenvalue weighted by atomic mass is 16.5. The molecular formula is C26H26N4O3. The summed E-state index contributed by atoms with van der Waals surface area (Å²) in [6, 6.07) is 20.8. The topological polar surface area (TPSA) is 87.6 Å². The van der Waals surface area contributed by atoms with Gasteiger partial charge in [0.2, 0.25) is 0 Å². The summed E-state index contributed by atoms with van der Waals surface area (Å²) in [6.07, 6.45) is 5.25. The van der Waals surface area contributed by atoms with E-state index in [-0.39, 0.29) is 23.7 Å². The van der Waals surface area contributed by atoms with Gasteiger partial charge in [-0.05, 0) is 29.8 Å². The minimum absolute atomic E-state index is 0.108. The Hall–Kier alpha value is -3.71. The van der Waals surface area contributed by atoms with E-state index in [0.717, 1.165) is 48.6 Å². The normalized spacial score (nSPS) is 17.2. The second-order valence-electron chi connectivity index (χ2n) is 8.44. The number of benzene rings is 2. The number of carbonyl (C=O) groups is 1. The van der Waals surface area contributed by atoms with E-state index in [0.29, 0.717) is 0 Å². The van der Waals surface area contributed by atoms with Crippen molar-refractivity contribution in [3.05, 3.63) is 89.6 Å². The van der Waals surface area contributed by atoms with Crippen LogP contribution in [0.3, 0.4) is 0 Å². The highest BCUT2D eigenvalue weighted by Crippen LogP contribution is 2.37. The van der Waals surface area contributed by atoms with Gasteiger partial charge >= 0.3 is 0 Å². The molecule has 0 bridgehead atoms. The van der Waals surface area contributed by atoms with Crippen LogP contribution in [0.1, 0.15) is 40.6 Å². The molecule has 168 valence electrons. The molecule has 1 atom stereocenters. The van der Waals surface area contributed by atoms with E-state index in [2.05, 4.69) is 38.6 Å². The summed E-state index contributed by atoms with van der Waals surface area (Å²) in [5.74, 6) is 1.31. The highest BCUT2D eigenvalue weighted by Gasteiger charge is 2.37. The van der Waals surface area contributed by atoms with E-state index < -0.39 is 6.10 Å². The van der Waals surface area contributed by atoms with E-state index in [1.54, 1.807) is 6.07 Å². The second kappa shape index (κ2) is 9.03. The molecule has 1 spiro atoms. The summed E-state index contributed by atoms with van der Waals surface area (Å²) in [7, 11) is 0. The highest BCUT2D eigenvalue weighted by molar-refractivity contribution is 5.92. The summed E-state index contributed by atoms with van der Waals surface area (Å²) >= 11 is 0. The second-order valence-corrected chi connectivity index (χ2v) is 8.44. The Balaban J connectivity index is 1.16. The van der Waals surface area contributed by atoms with E-state index in [1.807, 2.05) is 54.6 Å². The van der Waals surface area contributed by atoms with Crippen LogP contribution >= 0.6 is 0 Å². The predicted molar refractivity (Wildman–Crippen MR) is 126 cm³/mol. The quantitative estimate of drug-likeness (QED) is 0.630. The van der Waals surface area contributed by atoms with Gasteiger partial charge in [0.1, 0.15) is 11.4 Å². The minimum atomic E-state index is -0.772. The van der Waals surface area contributed by atoms with Crippen LogP contribution in [0.5, 0.6) is 5.75 Å². The summed E-state index contributed by atoms with van der Waals surface area (Å²) in [5.41, 5.74) is 1.81. The van der Waals surface area contributed by atoms with Gasteiger partial charge in [0.25, 0.3) is 5.91 Å². The maximum Gasteiger partial charge on any atom is 0.271 e. The Morgan fingerprint density at radius 3 is 2.55 bits per heavy atom. The van der Waals surface area contributed by atoms with Crippen LogP contribution in [0, 0.1) is 0 Å². The molecule has 2 aromatic carbocycles. The molecular weight excluding hydrogens is 416 g/mol. The Kier molecular flexibility index (Phi) is 5.79. The molecule has 2 aliphatic heterocycles. The molecule has 7 nitrogen and oxygen atoms in total. The van der Waals surface area contributed by atoms with Crippen molar-refractivity contribution in [1.82, 2.24) is 15.5 Å². The predicted octanol–water partition coefficient (Wildman–Crippen LogP) is 3.38. The number of nitrogens with one attached hydrogen (secondary N) is 1. The molecule has 7 heteroatoms. The molecule has 5 rings (SSSR count). The largest absolute Gasteiger partial charge is 0.482 e. The van der Waals surface area contributed by atoms with E-state index in [1.165, 1.54) is 0 Å². The van der Waals surface area contributed by atoms with Gasteiger partial charge in [-0.15, -0.1) is 10.2 Å². The number of carbonyl (C=O) groups excluding carboxylic acids is 1. The molecule has 1 unspecified atom stereocenters. The van der Waals surface area contributed by atoms with Crippen LogP contribution in [0.25, 0.3) is 6.08 Å². The number of hydrogen-bond donors (Lipinski definition) is 2. The maximum absolute atomic E-state index is 12.4. The Bertz CT molecular complexity index is 1140. The lowest BCUT2D eigenvalue weighted by Gasteiger charge is -2.42. The van der Waals surface area contributed by atoms with Crippen molar-refractivity contribution in [2.24, 2.45) is 0 Å². The van der Waals surface area contributed by atoms with Crippen LogP contribution in [-0.2, 0) is 0 Å². The van der Waals surface area contributed by atoms with Crippen LogP contribution in [0.2, 0.25) is 0 Å². The summed E-state index contributed by atoms with van der Waals surface area (Å²) in [5, 5.41) is 21.3. The van der Waals surface area contributed by atoms with Gasteiger partial charge in [-0.2, -0.15) is 0 Å². The molecule has 33 heavy (non-hydrogen) atoms. The third-order valence-electron chi connectivity index (χ3n) is 6.26. The standard InChI is InChI=1S/C26H26N4O3/c31-22(19-6-2-1-3-7-19)18-27-25(32)21-10-11-24(29-28-21)30-16-14-26(15-17-30)13-12-20-8-4-5-9-23(20)33-26/h1-13,22,31H,14-18H2,(H,27,32). The zero-order valence-corrected chi connectivity index (χ0v) is 18.2. The number of piperidine rings is 1. The van der Waals surface area contributed by atoms with Crippen molar-refractivity contribution < 1.29 is 14.6 Å². The van der Waals surface area contributed by atoms with Gasteiger partial charge < -0.3 is 20.1 Å². The van der Waals surface area contributed by atoms with Gasteiger partial charge in [0, 0.05) is 38.0 Å². The van der Waals surface area contributed by atoms with Crippen LogP contribution in [0.4, 0.5) is 5.82 Å². The smallest absolute Gasteiger partial charge is 0.271 e. The SMILES string of the molecule is O=C(NCC(O)c1ccccc1)c1ccc(N2CCC3(C=Cc4ccccc4O3)CC2)nn1. The first-order valence-corrected chi connectivity index (χ1v) is 11.2. The number of para-hydroxylation sites is 1. The molecule has 2 aliphatic rings. The number of aliphatic hydroxyl groups excluding tert-OH is 1. The van der Waals surface area contributed by atoms with Gasteiger partial charge in [-0.3, -0.25) is 4.79 Å². The number of amides is 1. The number of fused-ring (bicyclic) bond motifs is 1. The lowest BCUT2D eigenvalue weighted by atomic mass is 9.88. The molecule has 1 fully saturated rings. The number of ether oxygens (including phenoxy) is 1. The molecule has 3 heterocycles. The summed E-state index contributed by atoms with van der Waals surface area (Å²) in [4.78, 5) is 14.6. The number of anilines is 1. The Labute approximate surface area is 192 Å². The van der Waals surface area contributed by atoms with Gasteiger partial charge in [0.15, 0.2) is 11.5 Å². The molecule has 0 saturated carbocycles. The monoisotopic (exact) mass is 442 g/mol. The minimum Gasteiger partial charge on any atom is -0.482 e. The number of aromatic nitrogens is 2. The fourth-order valence-corrected chi connectivity index (χ4v) is 4.28. The summed E-state index contributed by atoms with van der Waals surface area (Å²) in [6.45, 7) is 1.68. The first-order valence-electron chi connectivity index (χ1n) is 11.2. The Morgan fingerprint density at radius 2 is 1.79 bits per heavy atom. The molecule has 0 radical (unpaired) electrons. The number of rotatable bonds is 5. The lowest BCUT2D eigenvalue weighted by Crippen LogP contribution is -2.48.